The van der Waals surface area contributed by atoms with Gasteiger partial charge in [0.1, 0.15) is 13.2 Å². The highest BCUT2D eigenvalue weighted by Crippen LogP contribution is 2.31. The summed E-state index contributed by atoms with van der Waals surface area (Å²) in [6.45, 7) is 4.29. The van der Waals surface area contributed by atoms with Gasteiger partial charge in [0.05, 0.1) is 6.54 Å². The molecule has 134 valence electrons. The predicted molar refractivity (Wildman–Crippen MR) is 90.9 cm³/mol. The van der Waals surface area contributed by atoms with Crippen LogP contribution in [0, 0.1) is 0 Å². The van der Waals surface area contributed by atoms with E-state index in [-0.39, 0.29) is 17.9 Å². The summed E-state index contributed by atoms with van der Waals surface area (Å²) in [6.07, 6.45) is 1.87. The summed E-state index contributed by atoms with van der Waals surface area (Å²) < 4.78 is 11.1. The van der Waals surface area contributed by atoms with Crippen molar-refractivity contribution in [3.8, 4) is 11.5 Å². The third-order valence-corrected chi connectivity index (χ3v) is 5.04. The van der Waals surface area contributed by atoms with Gasteiger partial charge in [0.2, 0.25) is 5.91 Å². The van der Waals surface area contributed by atoms with Crippen LogP contribution >= 0.6 is 0 Å². The molecule has 3 aliphatic rings. The van der Waals surface area contributed by atoms with Gasteiger partial charge in [-0.05, 0) is 31.0 Å². The number of ether oxygens (including phenoxy) is 2. The fourth-order valence-corrected chi connectivity index (χ4v) is 3.76. The Kier molecular flexibility index (Phi) is 4.48. The standard InChI is InChI=1S/C18H23N3O4/c22-17-11-19-5-7-21(17)14-2-1-6-20(12-14)18(23)13-3-4-15-16(10-13)25-9-8-24-15/h3-4,10,14,19H,1-2,5-9,11-12H2. The maximum Gasteiger partial charge on any atom is 0.254 e. The second kappa shape index (κ2) is 6.92. The summed E-state index contributed by atoms with van der Waals surface area (Å²) in [5, 5.41) is 3.09. The van der Waals surface area contributed by atoms with Crippen molar-refractivity contribution in [2.24, 2.45) is 0 Å². The van der Waals surface area contributed by atoms with E-state index in [9.17, 15) is 9.59 Å². The van der Waals surface area contributed by atoms with Crippen molar-refractivity contribution in [3.63, 3.8) is 0 Å². The first-order valence-corrected chi connectivity index (χ1v) is 8.91. The molecule has 3 aliphatic heterocycles. The van der Waals surface area contributed by atoms with Gasteiger partial charge in [-0.25, -0.2) is 0 Å². The van der Waals surface area contributed by atoms with Gasteiger partial charge in [-0.3, -0.25) is 9.59 Å². The molecule has 25 heavy (non-hydrogen) atoms. The smallest absolute Gasteiger partial charge is 0.254 e. The number of nitrogens with one attached hydrogen (secondary N) is 1. The average Bonchev–Trinajstić information content (AvgIpc) is 2.67. The first kappa shape index (κ1) is 16.2. The van der Waals surface area contributed by atoms with E-state index in [1.54, 1.807) is 18.2 Å². The Morgan fingerprint density at radius 2 is 2.00 bits per heavy atom. The topological polar surface area (TPSA) is 71.1 Å². The molecular weight excluding hydrogens is 322 g/mol. The maximum absolute atomic E-state index is 12.9. The number of likely N-dealkylation sites (tertiary alicyclic amines) is 1. The van der Waals surface area contributed by atoms with Gasteiger partial charge in [-0.1, -0.05) is 0 Å². The van der Waals surface area contributed by atoms with E-state index in [0.29, 0.717) is 43.4 Å². The molecular formula is C18H23N3O4. The fraction of sp³-hybridized carbons (Fsp3) is 0.556. The number of hydrogen-bond acceptors (Lipinski definition) is 5. The number of amides is 2. The Morgan fingerprint density at radius 1 is 1.16 bits per heavy atom. The van der Waals surface area contributed by atoms with E-state index in [1.807, 2.05) is 9.80 Å². The number of carbonyl (C=O) groups is 2. The van der Waals surface area contributed by atoms with Crippen LogP contribution in [0.5, 0.6) is 11.5 Å². The molecule has 0 aromatic heterocycles. The Hall–Kier alpha value is -2.28. The lowest BCUT2D eigenvalue weighted by atomic mass is 10.0. The minimum Gasteiger partial charge on any atom is -0.486 e. The lowest BCUT2D eigenvalue weighted by Crippen LogP contribution is -2.57. The molecule has 2 saturated heterocycles. The highest BCUT2D eigenvalue weighted by Gasteiger charge is 2.32. The minimum absolute atomic E-state index is 0.00995. The van der Waals surface area contributed by atoms with Gasteiger partial charge >= 0.3 is 0 Å². The van der Waals surface area contributed by atoms with Crippen LogP contribution in [-0.2, 0) is 4.79 Å². The van der Waals surface area contributed by atoms with E-state index in [1.165, 1.54) is 0 Å². The molecule has 1 atom stereocenters. The van der Waals surface area contributed by atoms with Crippen LogP contribution in [0.25, 0.3) is 0 Å². The second-order valence-electron chi connectivity index (χ2n) is 6.67. The van der Waals surface area contributed by atoms with Crippen LogP contribution in [0.3, 0.4) is 0 Å². The van der Waals surface area contributed by atoms with Crippen molar-refractivity contribution in [3.05, 3.63) is 23.8 Å². The first-order chi connectivity index (χ1) is 12.2. The zero-order chi connectivity index (χ0) is 17.2. The lowest BCUT2D eigenvalue weighted by Gasteiger charge is -2.41. The number of fused-ring (bicyclic) bond motifs is 1. The molecule has 1 aromatic carbocycles. The van der Waals surface area contributed by atoms with E-state index in [4.69, 9.17) is 9.47 Å². The molecule has 7 heteroatoms. The molecule has 0 spiro atoms. The SMILES string of the molecule is O=C(c1ccc2c(c1)OCCO2)N1CCCC(N2CCNCC2=O)C1. The zero-order valence-corrected chi connectivity index (χ0v) is 14.2. The number of piperazine rings is 1. The summed E-state index contributed by atoms with van der Waals surface area (Å²) in [5.74, 6) is 1.43. The molecule has 4 rings (SSSR count). The van der Waals surface area contributed by atoms with Crippen LogP contribution in [-0.4, -0.2) is 73.6 Å². The largest absolute Gasteiger partial charge is 0.486 e. The molecule has 2 fully saturated rings. The van der Waals surface area contributed by atoms with Crippen LogP contribution in [0.1, 0.15) is 23.2 Å². The molecule has 0 aliphatic carbocycles. The summed E-state index contributed by atoms with van der Waals surface area (Å²) in [7, 11) is 0. The third-order valence-electron chi connectivity index (χ3n) is 5.04. The van der Waals surface area contributed by atoms with Crippen molar-refractivity contribution in [2.45, 2.75) is 18.9 Å². The lowest BCUT2D eigenvalue weighted by molar-refractivity contribution is -0.135. The average molecular weight is 345 g/mol. The Bertz CT molecular complexity index is 678. The van der Waals surface area contributed by atoms with Gasteiger partial charge in [-0.2, -0.15) is 0 Å². The fourth-order valence-electron chi connectivity index (χ4n) is 3.76. The number of hydrogen-bond donors (Lipinski definition) is 1. The van der Waals surface area contributed by atoms with E-state index in [2.05, 4.69) is 5.32 Å². The number of nitrogens with zero attached hydrogens (tertiary/aromatic N) is 2. The second-order valence-corrected chi connectivity index (χ2v) is 6.67. The van der Waals surface area contributed by atoms with Crippen molar-refractivity contribution in [2.75, 3.05) is 45.9 Å². The van der Waals surface area contributed by atoms with Gasteiger partial charge < -0.3 is 24.6 Å². The quantitative estimate of drug-likeness (QED) is 0.845. The number of rotatable bonds is 2. The van der Waals surface area contributed by atoms with Crippen LogP contribution in [0.4, 0.5) is 0 Å². The van der Waals surface area contributed by atoms with Gasteiger partial charge in [0.15, 0.2) is 11.5 Å². The summed E-state index contributed by atoms with van der Waals surface area (Å²) >= 11 is 0. The van der Waals surface area contributed by atoms with Crippen molar-refractivity contribution >= 4 is 11.8 Å². The van der Waals surface area contributed by atoms with Crippen molar-refractivity contribution < 1.29 is 19.1 Å². The molecule has 0 radical (unpaired) electrons. The van der Waals surface area contributed by atoms with Crippen LogP contribution < -0.4 is 14.8 Å². The number of carbonyl (C=O) groups excluding carboxylic acids is 2. The minimum atomic E-state index is -0.00995. The van der Waals surface area contributed by atoms with Crippen molar-refractivity contribution in [1.29, 1.82) is 0 Å². The molecule has 1 aromatic rings. The highest BCUT2D eigenvalue weighted by atomic mass is 16.6. The zero-order valence-electron chi connectivity index (χ0n) is 14.2. The predicted octanol–water partition coefficient (Wildman–Crippen LogP) is 0.494. The first-order valence-electron chi connectivity index (χ1n) is 8.91. The Balaban J connectivity index is 1.47. The van der Waals surface area contributed by atoms with Gasteiger partial charge in [-0.15, -0.1) is 0 Å². The molecule has 1 unspecified atom stereocenters. The maximum atomic E-state index is 12.9. The summed E-state index contributed by atoms with van der Waals surface area (Å²) in [4.78, 5) is 28.8. The molecule has 3 heterocycles. The Labute approximate surface area is 146 Å². The van der Waals surface area contributed by atoms with Gasteiger partial charge in [0, 0.05) is 37.8 Å². The Morgan fingerprint density at radius 3 is 2.84 bits per heavy atom. The van der Waals surface area contributed by atoms with Crippen molar-refractivity contribution in [1.82, 2.24) is 15.1 Å². The summed E-state index contributed by atoms with van der Waals surface area (Å²) in [5.41, 5.74) is 0.608. The van der Waals surface area contributed by atoms with E-state index in [0.717, 1.165) is 32.5 Å². The third kappa shape index (κ3) is 3.28. The van der Waals surface area contributed by atoms with Crippen LogP contribution in [0.2, 0.25) is 0 Å². The molecule has 0 saturated carbocycles. The molecule has 1 N–H and O–H groups in total. The number of piperidine rings is 1. The molecule has 7 nitrogen and oxygen atoms in total. The van der Waals surface area contributed by atoms with Gasteiger partial charge in [0.25, 0.3) is 5.91 Å². The normalized spacial score (nSPS) is 23.5. The highest BCUT2D eigenvalue weighted by molar-refractivity contribution is 5.95. The number of benzene rings is 1. The monoisotopic (exact) mass is 345 g/mol. The molecule has 0 bridgehead atoms. The van der Waals surface area contributed by atoms with E-state index >= 15 is 0 Å². The van der Waals surface area contributed by atoms with Crippen LogP contribution in [0.15, 0.2) is 18.2 Å². The van der Waals surface area contributed by atoms with E-state index < -0.39 is 0 Å². The molecule has 2 amide bonds. The summed E-state index contributed by atoms with van der Waals surface area (Å²) in [6, 6.07) is 5.46.